The first kappa shape index (κ1) is 13.0. The maximum atomic E-state index is 10.8. The van der Waals surface area contributed by atoms with E-state index in [2.05, 4.69) is 10.8 Å². The number of primary amides is 1. The highest BCUT2D eigenvalue weighted by molar-refractivity contribution is 5.92. The Balaban J connectivity index is 2.42. The van der Waals surface area contributed by atoms with Crippen molar-refractivity contribution in [2.75, 3.05) is 0 Å². The number of nitrogens with zero attached hydrogens (tertiary/aromatic N) is 2. The highest BCUT2D eigenvalue weighted by atomic mass is 16.4. The summed E-state index contributed by atoms with van der Waals surface area (Å²) >= 11 is 0. The number of hydrogen-bond acceptors (Lipinski definition) is 4. The van der Waals surface area contributed by atoms with Gasteiger partial charge in [0, 0.05) is 18.9 Å². The number of aryl methyl sites for hydroxylation is 1. The Morgan fingerprint density at radius 3 is 2.76 bits per heavy atom. The Morgan fingerprint density at radius 1 is 1.59 bits per heavy atom. The Kier molecular flexibility index (Phi) is 4.53. The van der Waals surface area contributed by atoms with E-state index in [-0.39, 0.29) is 0 Å². The summed E-state index contributed by atoms with van der Waals surface area (Å²) in [5, 5.41) is 14.4. The molecule has 17 heavy (non-hydrogen) atoms. The largest absolute Gasteiger partial charge is 0.544 e. The third-order valence-corrected chi connectivity index (χ3v) is 2.33. The predicted octanol–water partition coefficient (Wildman–Crippen LogP) is -3.39. The fraction of sp³-hybridized carbons (Fsp3) is 0.400. The molecule has 0 radical (unpaired) electrons. The minimum absolute atomic E-state index is 0.339. The first-order chi connectivity index (χ1) is 8.00. The molecule has 1 heterocycles. The molecule has 92 valence electrons. The zero-order valence-corrected chi connectivity index (χ0v) is 9.33. The Labute approximate surface area is 98.0 Å². The predicted molar refractivity (Wildman–Crippen MR) is 53.9 cm³/mol. The van der Waals surface area contributed by atoms with Crippen molar-refractivity contribution in [3.8, 4) is 0 Å². The zero-order valence-electron chi connectivity index (χ0n) is 9.33. The summed E-state index contributed by atoms with van der Waals surface area (Å²) in [6, 6.07) is 0.857. The number of carboxylic acids is 1. The summed E-state index contributed by atoms with van der Waals surface area (Å²) in [5.74, 6) is -1.67. The van der Waals surface area contributed by atoms with Crippen LogP contribution in [0.15, 0.2) is 18.5 Å². The van der Waals surface area contributed by atoms with Crippen LogP contribution in [-0.4, -0.2) is 23.0 Å². The highest BCUT2D eigenvalue weighted by Gasteiger charge is 2.10. The molecule has 0 fully saturated rings. The van der Waals surface area contributed by atoms with Gasteiger partial charge >= 0.3 is 0 Å². The van der Waals surface area contributed by atoms with Crippen LogP contribution in [0.5, 0.6) is 0 Å². The van der Waals surface area contributed by atoms with Gasteiger partial charge in [-0.1, -0.05) is 4.68 Å². The van der Waals surface area contributed by atoms with E-state index in [4.69, 9.17) is 5.73 Å². The van der Waals surface area contributed by atoms with Gasteiger partial charge in [0.25, 0.3) is 5.91 Å². The lowest BCUT2D eigenvalue weighted by molar-refractivity contribution is -0.754. The van der Waals surface area contributed by atoms with Crippen molar-refractivity contribution in [3.05, 3.63) is 24.0 Å². The van der Waals surface area contributed by atoms with Gasteiger partial charge in [0.15, 0.2) is 12.7 Å². The number of amides is 1. The van der Waals surface area contributed by atoms with Crippen LogP contribution in [0.3, 0.4) is 0 Å². The second kappa shape index (κ2) is 5.90. The molecule has 0 spiro atoms. The van der Waals surface area contributed by atoms with E-state index >= 15 is 0 Å². The minimum atomic E-state index is -1.15. The molecule has 0 saturated heterocycles. The van der Waals surface area contributed by atoms with Crippen molar-refractivity contribution in [1.82, 2.24) is 5.10 Å². The number of aliphatic carboxylic acids is 1. The van der Waals surface area contributed by atoms with Gasteiger partial charge in [-0.25, -0.2) is 0 Å². The van der Waals surface area contributed by atoms with E-state index in [1.54, 1.807) is 16.9 Å². The van der Waals surface area contributed by atoms with Crippen molar-refractivity contribution in [1.29, 1.82) is 0 Å². The first-order valence-electron chi connectivity index (χ1n) is 5.20. The molecule has 0 aliphatic carbocycles. The molecule has 7 nitrogen and oxygen atoms in total. The molecular weight excluding hydrogens is 224 g/mol. The number of carbonyl (C=O) groups excluding carboxylic acids is 2. The fourth-order valence-electron chi connectivity index (χ4n) is 1.28. The molecule has 1 aromatic rings. The second-order valence-corrected chi connectivity index (χ2v) is 3.70. The summed E-state index contributed by atoms with van der Waals surface area (Å²) in [6.07, 6.45) is 4.05. The summed E-state index contributed by atoms with van der Waals surface area (Å²) < 4.78 is 1.61. The maximum Gasteiger partial charge on any atom is 0.250 e. The van der Waals surface area contributed by atoms with Crippen molar-refractivity contribution >= 4 is 11.9 Å². The standard InChI is InChI=1S/C10H14N4O3/c11-8(10(16)17)2-1-4-14-5-3-7(6-13-14)9(12)15/h3,5-6,8H,1-2,4,11H2,(H2-,12,15,16,17)/p+1/t8-/m1/s1. The van der Waals surface area contributed by atoms with Crippen LogP contribution in [-0.2, 0) is 11.3 Å². The number of hydrogen-bond donors (Lipinski definition) is 2. The quantitative estimate of drug-likeness (QED) is 0.501. The Morgan fingerprint density at radius 2 is 2.29 bits per heavy atom. The second-order valence-electron chi connectivity index (χ2n) is 3.70. The van der Waals surface area contributed by atoms with E-state index in [1.807, 2.05) is 0 Å². The molecule has 1 rings (SSSR count). The van der Waals surface area contributed by atoms with E-state index in [0.29, 0.717) is 24.9 Å². The number of carbonyl (C=O) groups is 2. The van der Waals surface area contributed by atoms with Crippen molar-refractivity contribution in [2.45, 2.75) is 25.4 Å². The van der Waals surface area contributed by atoms with Gasteiger partial charge in [0.1, 0.15) is 12.2 Å². The minimum Gasteiger partial charge on any atom is -0.544 e. The van der Waals surface area contributed by atoms with Gasteiger partial charge in [-0.2, -0.15) is 0 Å². The van der Waals surface area contributed by atoms with Gasteiger partial charge in [-0.05, 0) is 5.10 Å². The van der Waals surface area contributed by atoms with Crippen molar-refractivity contribution < 1.29 is 25.1 Å². The van der Waals surface area contributed by atoms with Crippen molar-refractivity contribution in [2.24, 2.45) is 5.73 Å². The third-order valence-electron chi connectivity index (χ3n) is 2.33. The lowest BCUT2D eigenvalue weighted by Gasteiger charge is -2.06. The van der Waals surface area contributed by atoms with Gasteiger partial charge < -0.3 is 21.4 Å². The average Bonchev–Trinajstić information content (AvgIpc) is 2.29. The summed E-state index contributed by atoms with van der Waals surface area (Å²) in [4.78, 5) is 21.2. The smallest absolute Gasteiger partial charge is 0.250 e. The number of rotatable bonds is 6. The molecular formula is C10H15N4O3+. The summed E-state index contributed by atoms with van der Waals surface area (Å²) in [6.45, 7) is 0.554. The SMILES string of the molecule is NC(=O)c1cc[n+](CCC[C@@H]([NH3+])C(=O)[O-])nc1. The first-order valence-corrected chi connectivity index (χ1v) is 5.20. The number of carboxylic acid groups (broad SMARTS) is 1. The number of aromatic nitrogens is 2. The van der Waals surface area contributed by atoms with Crippen LogP contribution in [0.4, 0.5) is 0 Å². The molecule has 0 aliphatic rings. The normalized spacial score (nSPS) is 12.1. The highest BCUT2D eigenvalue weighted by Crippen LogP contribution is 1.93. The monoisotopic (exact) mass is 239 g/mol. The average molecular weight is 239 g/mol. The molecule has 1 amide bonds. The molecule has 5 N–H and O–H groups in total. The summed E-state index contributed by atoms with van der Waals surface area (Å²) in [7, 11) is 0. The zero-order chi connectivity index (χ0) is 12.8. The van der Waals surface area contributed by atoms with Gasteiger partial charge in [0.2, 0.25) is 0 Å². The Bertz CT molecular complexity index is 405. The van der Waals surface area contributed by atoms with Gasteiger partial charge in [-0.15, -0.1) is 0 Å². The summed E-state index contributed by atoms with van der Waals surface area (Å²) in [5.41, 5.74) is 8.86. The molecule has 0 aromatic carbocycles. The van der Waals surface area contributed by atoms with Crippen molar-refractivity contribution in [3.63, 3.8) is 0 Å². The molecule has 1 aromatic heterocycles. The third kappa shape index (κ3) is 4.15. The van der Waals surface area contributed by atoms with Gasteiger partial charge in [0.05, 0.1) is 11.5 Å². The molecule has 0 bridgehead atoms. The van der Waals surface area contributed by atoms with Crippen LogP contribution in [0, 0.1) is 0 Å². The number of quaternary nitrogens is 1. The molecule has 1 atom stereocenters. The van der Waals surface area contributed by atoms with Crippen LogP contribution in [0.25, 0.3) is 0 Å². The lowest BCUT2D eigenvalue weighted by Crippen LogP contribution is -2.68. The molecule has 0 unspecified atom stereocenters. The van der Waals surface area contributed by atoms with Crippen LogP contribution in [0.1, 0.15) is 23.2 Å². The fourth-order valence-corrected chi connectivity index (χ4v) is 1.28. The van der Waals surface area contributed by atoms with Gasteiger partial charge in [-0.3, -0.25) is 4.79 Å². The lowest BCUT2D eigenvalue weighted by atomic mass is 10.2. The van der Waals surface area contributed by atoms with E-state index in [9.17, 15) is 14.7 Å². The molecule has 7 heteroatoms. The van der Waals surface area contributed by atoms with E-state index in [0.717, 1.165) is 0 Å². The van der Waals surface area contributed by atoms with E-state index < -0.39 is 17.9 Å². The number of nitrogens with two attached hydrogens (primary N) is 1. The van der Waals surface area contributed by atoms with E-state index in [1.165, 1.54) is 6.20 Å². The van der Waals surface area contributed by atoms with Crippen LogP contribution in [0.2, 0.25) is 0 Å². The molecule has 0 aliphatic heterocycles. The Hall–Kier alpha value is -2.02. The topological polar surface area (TPSA) is 128 Å². The maximum absolute atomic E-state index is 10.8. The van der Waals surface area contributed by atoms with Crippen LogP contribution >= 0.6 is 0 Å². The van der Waals surface area contributed by atoms with Crippen LogP contribution < -0.4 is 21.3 Å². The molecule has 0 saturated carbocycles.